The van der Waals surface area contributed by atoms with Gasteiger partial charge in [-0.3, -0.25) is 0 Å². The van der Waals surface area contributed by atoms with E-state index in [2.05, 4.69) is 87.0 Å². The Kier molecular flexibility index (Phi) is 5.54. The molecular formula is C19H27N2+. The molecule has 1 N–H and O–H groups in total. The van der Waals surface area contributed by atoms with Crippen LogP contribution >= 0.6 is 0 Å². The van der Waals surface area contributed by atoms with Crippen molar-refractivity contribution in [1.29, 1.82) is 0 Å². The topological polar surface area (TPSA) is 12.0 Å². The SMILES string of the molecule is CC[N+](C)(C)CCNC(c1ccccc1)c1ccccc1. The zero-order valence-electron chi connectivity index (χ0n) is 13.4. The van der Waals surface area contributed by atoms with Gasteiger partial charge in [0.25, 0.3) is 0 Å². The smallest absolute Gasteiger partial charge is 0.0909 e. The van der Waals surface area contributed by atoms with E-state index in [1.807, 2.05) is 0 Å². The van der Waals surface area contributed by atoms with Gasteiger partial charge >= 0.3 is 0 Å². The Labute approximate surface area is 129 Å². The molecule has 2 nitrogen and oxygen atoms in total. The van der Waals surface area contributed by atoms with Crippen LogP contribution in [0.1, 0.15) is 24.1 Å². The van der Waals surface area contributed by atoms with Crippen molar-refractivity contribution >= 4 is 0 Å². The second-order valence-corrected chi connectivity index (χ2v) is 6.18. The van der Waals surface area contributed by atoms with Crippen LogP contribution < -0.4 is 5.32 Å². The molecule has 2 rings (SSSR count). The highest BCUT2D eigenvalue weighted by atomic mass is 15.3. The Balaban J connectivity index is 2.11. The molecule has 0 atom stereocenters. The molecule has 0 heterocycles. The summed E-state index contributed by atoms with van der Waals surface area (Å²) < 4.78 is 1.04. The maximum absolute atomic E-state index is 3.73. The lowest BCUT2D eigenvalue weighted by atomic mass is 9.99. The van der Waals surface area contributed by atoms with Crippen molar-refractivity contribution in [3.63, 3.8) is 0 Å². The summed E-state index contributed by atoms with van der Waals surface area (Å²) in [6, 6.07) is 21.6. The molecule has 112 valence electrons. The van der Waals surface area contributed by atoms with Gasteiger partial charge in [-0.25, -0.2) is 0 Å². The molecule has 0 radical (unpaired) electrons. The van der Waals surface area contributed by atoms with E-state index in [0.29, 0.717) is 0 Å². The Morgan fingerprint density at radius 2 is 1.33 bits per heavy atom. The molecule has 0 amide bonds. The van der Waals surface area contributed by atoms with Gasteiger partial charge in [-0.15, -0.1) is 0 Å². The first kappa shape index (κ1) is 15.7. The maximum atomic E-state index is 3.73. The number of quaternary nitrogens is 1. The largest absolute Gasteiger partial charge is 0.328 e. The quantitative estimate of drug-likeness (QED) is 0.767. The third-order valence-corrected chi connectivity index (χ3v) is 4.19. The molecule has 2 heteroatoms. The van der Waals surface area contributed by atoms with Crippen molar-refractivity contribution in [2.75, 3.05) is 33.7 Å². The normalized spacial score (nSPS) is 11.8. The number of nitrogens with zero attached hydrogens (tertiary/aromatic N) is 1. The number of likely N-dealkylation sites (N-methyl/N-ethyl adjacent to an activating group) is 1. The van der Waals surface area contributed by atoms with Gasteiger partial charge in [0, 0.05) is 6.54 Å². The van der Waals surface area contributed by atoms with E-state index in [1.54, 1.807) is 0 Å². The third kappa shape index (κ3) is 4.69. The summed E-state index contributed by atoms with van der Waals surface area (Å²) in [5.74, 6) is 0. The molecule has 0 aromatic heterocycles. The lowest BCUT2D eigenvalue weighted by Gasteiger charge is -2.29. The van der Waals surface area contributed by atoms with Gasteiger partial charge in [0.1, 0.15) is 0 Å². The average molecular weight is 283 g/mol. The van der Waals surface area contributed by atoms with E-state index in [9.17, 15) is 0 Å². The van der Waals surface area contributed by atoms with Gasteiger partial charge in [0.2, 0.25) is 0 Å². The first-order valence-electron chi connectivity index (χ1n) is 7.77. The fourth-order valence-corrected chi connectivity index (χ4v) is 2.39. The fraction of sp³-hybridized carbons (Fsp3) is 0.368. The molecule has 0 aliphatic rings. The monoisotopic (exact) mass is 283 g/mol. The standard InChI is InChI=1S/C19H27N2/c1-4-21(2,3)16-15-20-19(17-11-7-5-8-12-17)18-13-9-6-10-14-18/h5-14,19-20H,4,15-16H2,1-3H3/q+1. The van der Waals surface area contributed by atoms with E-state index in [-0.39, 0.29) is 6.04 Å². The summed E-state index contributed by atoms with van der Waals surface area (Å²) in [4.78, 5) is 0. The minimum atomic E-state index is 0.268. The van der Waals surface area contributed by atoms with Gasteiger partial charge in [-0.05, 0) is 18.1 Å². The summed E-state index contributed by atoms with van der Waals surface area (Å²) in [5, 5.41) is 3.73. The molecule has 0 aliphatic carbocycles. The van der Waals surface area contributed by atoms with Crippen LogP contribution in [0.5, 0.6) is 0 Å². The minimum Gasteiger partial charge on any atom is -0.328 e. The van der Waals surface area contributed by atoms with Crippen molar-refractivity contribution in [3.05, 3.63) is 71.8 Å². The predicted octanol–water partition coefficient (Wildman–Crippen LogP) is 3.46. The lowest BCUT2D eigenvalue weighted by molar-refractivity contribution is -0.887. The summed E-state index contributed by atoms with van der Waals surface area (Å²) in [7, 11) is 4.56. The Morgan fingerprint density at radius 1 is 0.857 bits per heavy atom. The summed E-state index contributed by atoms with van der Waals surface area (Å²) in [6.45, 7) is 5.54. The van der Waals surface area contributed by atoms with Crippen molar-refractivity contribution in [2.24, 2.45) is 0 Å². The minimum absolute atomic E-state index is 0.268. The van der Waals surface area contributed by atoms with Gasteiger partial charge in [0.15, 0.2) is 0 Å². The van der Waals surface area contributed by atoms with Gasteiger partial charge in [0.05, 0.1) is 33.2 Å². The molecule has 2 aromatic carbocycles. The fourth-order valence-electron chi connectivity index (χ4n) is 2.39. The van der Waals surface area contributed by atoms with Crippen molar-refractivity contribution in [2.45, 2.75) is 13.0 Å². The number of benzene rings is 2. The van der Waals surface area contributed by atoms with Crippen LogP contribution in [0.4, 0.5) is 0 Å². The van der Waals surface area contributed by atoms with Crippen molar-refractivity contribution in [1.82, 2.24) is 5.32 Å². The molecule has 0 fully saturated rings. The number of hydrogen-bond acceptors (Lipinski definition) is 1. The van der Waals surface area contributed by atoms with Gasteiger partial charge in [-0.1, -0.05) is 60.7 Å². The van der Waals surface area contributed by atoms with E-state index in [4.69, 9.17) is 0 Å². The second kappa shape index (κ2) is 7.39. The highest BCUT2D eigenvalue weighted by molar-refractivity contribution is 5.31. The first-order valence-corrected chi connectivity index (χ1v) is 7.77. The zero-order valence-corrected chi connectivity index (χ0v) is 13.4. The van der Waals surface area contributed by atoms with Crippen LogP contribution in [-0.4, -0.2) is 38.2 Å². The zero-order chi connectivity index (χ0) is 15.1. The maximum Gasteiger partial charge on any atom is 0.0909 e. The number of nitrogens with one attached hydrogen (secondary N) is 1. The van der Waals surface area contributed by atoms with Gasteiger partial charge in [-0.2, -0.15) is 0 Å². The lowest BCUT2D eigenvalue weighted by Crippen LogP contribution is -2.44. The number of rotatable bonds is 7. The van der Waals surface area contributed by atoms with Crippen molar-refractivity contribution < 1.29 is 4.48 Å². The molecule has 0 unspecified atom stereocenters. The first-order chi connectivity index (χ1) is 10.1. The van der Waals surface area contributed by atoms with Crippen LogP contribution in [0.3, 0.4) is 0 Å². The van der Waals surface area contributed by atoms with Crippen LogP contribution in [0.15, 0.2) is 60.7 Å². The Bertz CT molecular complexity index is 480. The average Bonchev–Trinajstić information content (AvgIpc) is 2.53. The summed E-state index contributed by atoms with van der Waals surface area (Å²) in [6.07, 6.45) is 0. The Hall–Kier alpha value is -1.64. The third-order valence-electron chi connectivity index (χ3n) is 4.19. The van der Waals surface area contributed by atoms with E-state index in [0.717, 1.165) is 24.1 Å². The van der Waals surface area contributed by atoms with Gasteiger partial charge < -0.3 is 9.80 Å². The molecule has 0 saturated carbocycles. The van der Waals surface area contributed by atoms with E-state index in [1.165, 1.54) is 11.1 Å². The molecular weight excluding hydrogens is 256 g/mol. The molecule has 0 aliphatic heterocycles. The van der Waals surface area contributed by atoms with Crippen molar-refractivity contribution in [3.8, 4) is 0 Å². The molecule has 0 bridgehead atoms. The molecule has 21 heavy (non-hydrogen) atoms. The van der Waals surface area contributed by atoms with Crippen LogP contribution in [0.25, 0.3) is 0 Å². The highest BCUT2D eigenvalue weighted by Gasteiger charge is 2.16. The van der Waals surface area contributed by atoms with E-state index >= 15 is 0 Å². The number of hydrogen-bond donors (Lipinski definition) is 1. The van der Waals surface area contributed by atoms with Crippen LogP contribution in [0.2, 0.25) is 0 Å². The predicted molar refractivity (Wildman–Crippen MR) is 90.2 cm³/mol. The molecule has 0 spiro atoms. The summed E-state index contributed by atoms with van der Waals surface area (Å²) in [5.41, 5.74) is 2.65. The second-order valence-electron chi connectivity index (χ2n) is 6.18. The summed E-state index contributed by atoms with van der Waals surface area (Å²) >= 11 is 0. The Morgan fingerprint density at radius 3 is 1.76 bits per heavy atom. The molecule has 0 saturated heterocycles. The highest BCUT2D eigenvalue weighted by Crippen LogP contribution is 2.21. The van der Waals surface area contributed by atoms with Crippen LogP contribution in [-0.2, 0) is 0 Å². The molecule has 2 aromatic rings. The van der Waals surface area contributed by atoms with Crippen LogP contribution in [0, 0.1) is 0 Å². The van der Waals surface area contributed by atoms with E-state index < -0.39 is 0 Å².